The van der Waals surface area contributed by atoms with Crippen molar-refractivity contribution in [2.24, 2.45) is 11.1 Å². The average Bonchev–Trinajstić information content (AvgIpc) is 1.86. The molecule has 0 spiro atoms. The molecule has 0 saturated carbocycles. The van der Waals surface area contributed by atoms with E-state index in [0.29, 0.717) is 5.71 Å². The highest BCUT2D eigenvalue weighted by molar-refractivity contribution is 5.98. The summed E-state index contributed by atoms with van der Waals surface area (Å²) in [6.07, 6.45) is 2.30. The van der Waals surface area contributed by atoms with E-state index in [4.69, 9.17) is 11.1 Å². The molecule has 11 heavy (non-hydrogen) atoms. The fraction of sp³-hybridized carbons (Fsp3) is 0.667. The van der Waals surface area contributed by atoms with Gasteiger partial charge < -0.3 is 11.1 Å². The largest absolute Gasteiger partial charge is 0.404 e. The predicted molar refractivity (Wildman–Crippen MR) is 49.7 cm³/mol. The number of nitrogens with one attached hydrogen (secondary N) is 1. The van der Waals surface area contributed by atoms with Crippen LogP contribution in [0.3, 0.4) is 0 Å². The smallest absolute Gasteiger partial charge is 0.0362 e. The van der Waals surface area contributed by atoms with Crippen molar-refractivity contribution >= 4 is 5.71 Å². The van der Waals surface area contributed by atoms with Gasteiger partial charge in [0.2, 0.25) is 0 Å². The van der Waals surface area contributed by atoms with Gasteiger partial charge in [0.1, 0.15) is 0 Å². The fourth-order valence-electron chi connectivity index (χ4n) is 0.994. The number of hydrogen-bond acceptors (Lipinski definition) is 2. The van der Waals surface area contributed by atoms with Crippen LogP contribution in [0.1, 0.15) is 34.1 Å². The van der Waals surface area contributed by atoms with Crippen LogP contribution in [0.4, 0.5) is 0 Å². The molecule has 0 unspecified atom stereocenters. The first-order chi connectivity index (χ1) is 4.93. The number of rotatable bonds is 2. The lowest BCUT2D eigenvalue weighted by Gasteiger charge is -2.22. The van der Waals surface area contributed by atoms with Crippen molar-refractivity contribution in [3.8, 4) is 0 Å². The van der Waals surface area contributed by atoms with Gasteiger partial charge in [-0.3, -0.25) is 0 Å². The van der Waals surface area contributed by atoms with Gasteiger partial charge in [0.05, 0.1) is 0 Å². The molecule has 2 nitrogen and oxygen atoms in total. The number of allylic oxidation sites excluding steroid dienone is 1. The molecule has 0 atom stereocenters. The van der Waals surface area contributed by atoms with Gasteiger partial charge in [0.25, 0.3) is 0 Å². The van der Waals surface area contributed by atoms with E-state index in [9.17, 15) is 0 Å². The predicted octanol–water partition coefficient (Wildman–Crippen LogP) is 2.30. The van der Waals surface area contributed by atoms with E-state index in [1.165, 1.54) is 0 Å². The Bertz CT molecular complexity index is 172. The zero-order valence-electron chi connectivity index (χ0n) is 7.86. The standard InChI is InChI=1S/C9H18N2/c1-5-8(11)7(6-10)9(2,3)4/h6,11H,5,10H2,1-4H3/b7-6+,11-8?. The molecule has 2 heteroatoms. The zero-order chi connectivity index (χ0) is 9.07. The van der Waals surface area contributed by atoms with Crippen molar-refractivity contribution in [3.05, 3.63) is 11.8 Å². The summed E-state index contributed by atoms with van der Waals surface area (Å²) in [5.74, 6) is 0. The summed E-state index contributed by atoms with van der Waals surface area (Å²) in [5.41, 5.74) is 7.02. The molecule has 0 aromatic carbocycles. The first-order valence-corrected chi connectivity index (χ1v) is 3.93. The third kappa shape index (κ3) is 2.74. The minimum absolute atomic E-state index is 0.00183. The monoisotopic (exact) mass is 154 g/mol. The second kappa shape index (κ2) is 3.56. The van der Waals surface area contributed by atoms with Gasteiger partial charge in [0.15, 0.2) is 0 Å². The molecule has 0 aromatic rings. The Kier molecular flexibility index (Phi) is 3.30. The molecular formula is C9H18N2. The maximum Gasteiger partial charge on any atom is 0.0362 e. The van der Waals surface area contributed by atoms with Crippen molar-refractivity contribution in [2.45, 2.75) is 34.1 Å². The average molecular weight is 154 g/mol. The summed E-state index contributed by atoms with van der Waals surface area (Å²) < 4.78 is 0. The molecule has 0 aliphatic heterocycles. The van der Waals surface area contributed by atoms with Crippen molar-refractivity contribution < 1.29 is 0 Å². The van der Waals surface area contributed by atoms with Gasteiger partial charge in [-0.2, -0.15) is 0 Å². The topological polar surface area (TPSA) is 49.9 Å². The van der Waals surface area contributed by atoms with Crippen molar-refractivity contribution in [1.82, 2.24) is 0 Å². The van der Waals surface area contributed by atoms with Crippen molar-refractivity contribution in [3.63, 3.8) is 0 Å². The van der Waals surface area contributed by atoms with E-state index in [-0.39, 0.29) is 5.41 Å². The summed E-state index contributed by atoms with van der Waals surface area (Å²) in [4.78, 5) is 0. The minimum atomic E-state index is 0.00183. The Labute approximate surface area is 69.0 Å². The van der Waals surface area contributed by atoms with E-state index in [0.717, 1.165) is 12.0 Å². The van der Waals surface area contributed by atoms with Crippen LogP contribution in [0.15, 0.2) is 11.8 Å². The van der Waals surface area contributed by atoms with Gasteiger partial charge in [-0.25, -0.2) is 0 Å². The SMILES string of the molecule is CCC(=N)/C(=C\N)C(C)(C)C. The quantitative estimate of drug-likeness (QED) is 0.589. The molecular weight excluding hydrogens is 136 g/mol. The number of hydrogen-bond donors (Lipinski definition) is 2. The zero-order valence-corrected chi connectivity index (χ0v) is 7.86. The van der Waals surface area contributed by atoms with Crippen LogP contribution < -0.4 is 5.73 Å². The van der Waals surface area contributed by atoms with Crippen LogP contribution in [0.2, 0.25) is 0 Å². The third-order valence-electron chi connectivity index (χ3n) is 1.65. The second-order valence-corrected chi connectivity index (χ2v) is 3.66. The van der Waals surface area contributed by atoms with Gasteiger partial charge in [-0.1, -0.05) is 27.7 Å². The molecule has 0 aromatic heterocycles. The van der Waals surface area contributed by atoms with Gasteiger partial charge >= 0.3 is 0 Å². The van der Waals surface area contributed by atoms with E-state index >= 15 is 0 Å². The Hall–Kier alpha value is -0.790. The van der Waals surface area contributed by atoms with Crippen molar-refractivity contribution in [1.29, 1.82) is 5.41 Å². The molecule has 3 N–H and O–H groups in total. The fourth-order valence-corrected chi connectivity index (χ4v) is 0.994. The Balaban J connectivity index is 4.58. The van der Waals surface area contributed by atoms with Crippen LogP contribution in [0.5, 0.6) is 0 Å². The van der Waals surface area contributed by atoms with Crippen LogP contribution in [0, 0.1) is 10.8 Å². The molecule has 0 aliphatic carbocycles. The molecule has 64 valence electrons. The second-order valence-electron chi connectivity index (χ2n) is 3.66. The first-order valence-electron chi connectivity index (χ1n) is 3.93. The highest BCUT2D eigenvalue weighted by atomic mass is 14.5. The Morgan fingerprint density at radius 3 is 2.00 bits per heavy atom. The van der Waals surface area contributed by atoms with Crippen LogP contribution in [-0.2, 0) is 0 Å². The molecule has 0 amide bonds. The normalized spacial score (nSPS) is 13.3. The van der Waals surface area contributed by atoms with Gasteiger partial charge in [0, 0.05) is 5.71 Å². The summed E-state index contributed by atoms with van der Waals surface area (Å²) in [6, 6.07) is 0. The van der Waals surface area contributed by atoms with E-state index < -0.39 is 0 Å². The third-order valence-corrected chi connectivity index (χ3v) is 1.65. The summed E-state index contributed by atoms with van der Waals surface area (Å²) in [5, 5.41) is 7.60. The molecule has 0 fully saturated rings. The maximum absolute atomic E-state index is 7.60. The molecule has 0 rings (SSSR count). The van der Waals surface area contributed by atoms with Gasteiger partial charge in [-0.05, 0) is 23.6 Å². The lowest BCUT2D eigenvalue weighted by atomic mass is 9.83. The highest BCUT2D eigenvalue weighted by Gasteiger charge is 2.19. The van der Waals surface area contributed by atoms with E-state index in [2.05, 4.69) is 20.8 Å². The molecule has 0 heterocycles. The summed E-state index contributed by atoms with van der Waals surface area (Å²) >= 11 is 0. The molecule has 0 radical (unpaired) electrons. The molecule has 0 bridgehead atoms. The van der Waals surface area contributed by atoms with Crippen molar-refractivity contribution in [2.75, 3.05) is 0 Å². The Morgan fingerprint density at radius 1 is 1.45 bits per heavy atom. The van der Waals surface area contributed by atoms with Gasteiger partial charge in [-0.15, -0.1) is 0 Å². The lowest BCUT2D eigenvalue weighted by Crippen LogP contribution is -2.18. The van der Waals surface area contributed by atoms with E-state index in [1.807, 2.05) is 6.92 Å². The summed E-state index contributed by atoms with van der Waals surface area (Å²) in [7, 11) is 0. The van der Waals surface area contributed by atoms with Crippen LogP contribution in [-0.4, -0.2) is 5.71 Å². The number of nitrogens with two attached hydrogens (primary N) is 1. The highest BCUT2D eigenvalue weighted by Crippen LogP contribution is 2.25. The summed E-state index contributed by atoms with van der Waals surface area (Å²) in [6.45, 7) is 8.17. The lowest BCUT2D eigenvalue weighted by molar-refractivity contribution is 0.521. The Morgan fingerprint density at radius 2 is 1.91 bits per heavy atom. The molecule has 0 saturated heterocycles. The minimum Gasteiger partial charge on any atom is -0.404 e. The first kappa shape index (κ1) is 10.2. The maximum atomic E-state index is 7.60. The van der Waals surface area contributed by atoms with Crippen LogP contribution >= 0.6 is 0 Å². The van der Waals surface area contributed by atoms with E-state index in [1.54, 1.807) is 6.20 Å². The molecule has 0 aliphatic rings. The van der Waals surface area contributed by atoms with Crippen LogP contribution in [0.25, 0.3) is 0 Å².